The summed E-state index contributed by atoms with van der Waals surface area (Å²) in [6, 6.07) is 3.58. The van der Waals surface area contributed by atoms with E-state index in [1.54, 1.807) is 19.3 Å². The van der Waals surface area contributed by atoms with Gasteiger partial charge in [-0.2, -0.15) is 9.97 Å². The Bertz CT molecular complexity index is 988. The Morgan fingerprint density at radius 2 is 2.19 bits per heavy atom. The number of hydrogen-bond acceptors (Lipinski definition) is 10. The molecule has 10 nitrogen and oxygen atoms in total. The van der Waals surface area contributed by atoms with Gasteiger partial charge in [-0.1, -0.05) is 5.16 Å². The Hall–Kier alpha value is -3.47. The minimum absolute atomic E-state index is 0.179. The number of nitrogens with two attached hydrogens (primary N) is 1. The Kier molecular flexibility index (Phi) is 4.80. The molecule has 132 valence electrons. The predicted molar refractivity (Wildman–Crippen MR) is 96.0 cm³/mol. The van der Waals surface area contributed by atoms with Crippen LogP contribution in [0, 0.1) is 17.0 Å². The standard InChI is InChI=1S/C15H13N7O3S/c1-8-12(26-14(19-8)10-4-3-5-17-6-10)9(2)21-25-15-18-7-11(22(23)24)13(16)20-15/h3-7H,1-2H3,(H2,16,18,20)/b21-9+. The number of thiazole rings is 1. The molecule has 0 bridgehead atoms. The van der Waals surface area contributed by atoms with Crippen molar-refractivity contribution in [3.63, 3.8) is 0 Å². The summed E-state index contributed by atoms with van der Waals surface area (Å²) >= 11 is 1.45. The number of pyridine rings is 1. The van der Waals surface area contributed by atoms with Crippen molar-refractivity contribution in [2.24, 2.45) is 5.16 Å². The minimum atomic E-state index is -0.672. The average Bonchev–Trinajstić information content (AvgIpc) is 3.02. The Morgan fingerprint density at radius 1 is 1.38 bits per heavy atom. The summed E-state index contributed by atoms with van der Waals surface area (Å²) in [5.74, 6) is -0.291. The second-order valence-electron chi connectivity index (χ2n) is 5.12. The molecule has 3 heterocycles. The lowest BCUT2D eigenvalue weighted by Crippen LogP contribution is -2.03. The van der Waals surface area contributed by atoms with Crippen LogP contribution in [-0.2, 0) is 0 Å². The summed E-state index contributed by atoms with van der Waals surface area (Å²) < 4.78 is 0. The fourth-order valence-corrected chi connectivity index (χ4v) is 3.04. The van der Waals surface area contributed by atoms with Crippen LogP contribution < -0.4 is 10.6 Å². The normalized spacial score (nSPS) is 11.4. The van der Waals surface area contributed by atoms with Gasteiger partial charge in [0.25, 0.3) is 0 Å². The van der Waals surface area contributed by atoms with Gasteiger partial charge in [0.2, 0.25) is 5.82 Å². The Labute approximate surface area is 151 Å². The first-order valence-electron chi connectivity index (χ1n) is 7.32. The van der Waals surface area contributed by atoms with E-state index in [-0.39, 0.29) is 11.8 Å². The SMILES string of the molecule is C/C(=N\Oc1ncc([N+](=O)[O-])c(N)n1)c1sc(-c2cccnc2)nc1C. The van der Waals surface area contributed by atoms with Crippen LogP contribution in [0.4, 0.5) is 11.5 Å². The molecule has 11 heteroatoms. The first-order chi connectivity index (χ1) is 12.5. The number of oxime groups is 1. The summed E-state index contributed by atoms with van der Waals surface area (Å²) in [7, 11) is 0. The maximum absolute atomic E-state index is 10.7. The first-order valence-corrected chi connectivity index (χ1v) is 8.14. The molecule has 0 aliphatic carbocycles. The van der Waals surface area contributed by atoms with Gasteiger partial charge in [-0.25, -0.2) is 4.98 Å². The van der Waals surface area contributed by atoms with Crippen molar-refractivity contribution >= 4 is 28.6 Å². The van der Waals surface area contributed by atoms with E-state index in [1.165, 1.54) is 11.3 Å². The monoisotopic (exact) mass is 371 g/mol. The third-order valence-electron chi connectivity index (χ3n) is 3.27. The summed E-state index contributed by atoms with van der Waals surface area (Å²) in [6.07, 6.45) is 4.40. The molecule has 0 spiro atoms. The van der Waals surface area contributed by atoms with E-state index < -0.39 is 10.6 Å². The third-order valence-corrected chi connectivity index (χ3v) is 4.59. The molecule has 0 aliphatic rings. The minimum Gasteiger partial charge on any atom is -0.378 e. The topological polar surface area (TPSA) is 142 Å². The molecule has 0 aromatic carbocycles. The summed E-state index contributed by atoms with van der Waals surface area (Å²) in [5.41, 5.74) is 7.37. The number of nitrogens with zero attached hydrogens (tertiary/aromatic N) is 6. The summed E-state index contributed by atoms with van der Waals surface area (Å²) in [4.78, 5) is 32.0. The van der Waals surface area contributed by atoms with Crippen molar-refractivity contribution in [3.8, 4) is 16.6 Å². The Balaban J connectivity index is 1.81. The van der Waals surface area contributed by atoms with Gasteiger partial charge in [-0.15, -0.1) is 11.3 Å². The molecular weight excluding hydrogens is 358 g/mol. The van der Waals surface area contributed by atoms with Gasteiger partial charge < -0.3 is 10.6 Å². The number of anilines is 1. The van der Waals surface area contributed by atoms with E-state index in [4.69, 9.17) is 10.6 Å². The molecule has 0 unspecified atom stereocenters. The molecule has 0 radical (unpaired) electrons. The van der Waals surface area contributed by atoms with Crippen LogP contribution in [0.25, 0.3) is 10.6 Å². The number of nitrogen functional groups attached to an aromatic ring is 1. The zero-order valence-corrected chi connectivity index (χ0v) is 14.6. The van der Waals surface area contributed by atoms with E-state index in [2.05, 4.69) is 25.1 Å². The van der Waals surface area contributed by atoms with Crippen LogP contribution in [0.15, 0.2) is 35.9 Å². The molecule has 0 atom stereocenters. The van der Waals surface area contributed by atoms with Crippen molar-refractivity contribution in [2.75, 3.05) is 5.73 Å². The van der Waals surface area contributed by atoms with Gasteiger partial charge in [0.15, 0.2) is 0 Å². The molecule has 0 fully saturated rings. The van der Waals surface area contributed by atoms with Crippen LogP contribution >= 0.6 is 11.3 Å². The number of hydrogen-bond donors (Lipinski definition) is 1. The second kappa shape index (κ2) is 7.19. The molecule has 3 aromatic rings. The number of rotatable bonds is 5. The molecule has 2 N–H and O–H groups in total. The lowest BCUT2D eigenvalue weighted by Gasteiger charge is -2.00. The maximum atomic E-state index is 10.7. The lowest BCUT2D eigenvalue weighted by atomic mass is 10.3. The second-order valence-corrected chi connectivity index (χ2v) is 6.12. The van der Waals surface area contributed by atoms with E-state index in [9.17, 15) is 10.1 Å². The summed E-state index contributed by atoms with van der Waals surface area (Å²) in [5, 5.41) is 15.5. The van der Waals surface area contributed by atoms with Crippen molar-refractivity contribution in [1.29, 1.82) is 0 Å². The van der Waals surface area contributed by atoms with Gasteiger partial charge in [0, 0.05) is 18.0 Å². The quantitative estimate of drug-likeness (QED) is 0.409. The highest BCUT2D eigenvalue weighted by atomic mass is 32.1. The van der Waals surface area contributed by atoms with E-state index in [0.29, 0.717) is 5.71 Å². The third kappa shape index (κ3) is 3.62. The lowest BCUT2D eigenvalue weighted by molar-refractivity contribution is -0.384. The molecule has 3 aromatic heterocycles. The van der Waals surface area contributed by atoms with Gasteiger partial charge in [-0.3, -0.25) is 15.1 Å². The number of aromatic nitrogens is 4. The van der Waals surface area contributed by atoms with E-state index in [1.807, 2.05) is 19.1 Å². The molecular formula is C15H13N7O3S. The molecule has 0 aliphatic heterocycles. The van der Waals surface area contributed by atoms with E-state index in [0.717, 1.165) is 27.3 Å². The van der Waals surface area contributed by atoms with Gasteiger partial charge in [0.1, 0.15) is 11.2 Å². The highest BCUT2D eigenvalue weighted by Gasteiger charge is 2.16. The molecule has 0 saturated heterocycles. The van der Waals surface area contributed by atoms with Crippen LogP contribution in [0.1, 0.15) is 17.5 Å². The molecule has 26 heavy (non-hydrogen) atoms. The maximum Gasteiger partial charge on any atom is 0.348 e. The van der Waals surface area contributed by atoms with Gasteiger partial charge in [-0.05, 0) is 26.0 Å². The van der Waals surface area contributed by atoms with Crippen LogP contribution in [0.3, 0.4) is 0 Å². The highest BCUT2D eigenvalue weighted by molar-refractivity contribution is 7.17. The molecule has 3 rings (SSSR count). The highest BCUT2D eigenvalue weighted by Crippen LogP contribution is 2.28. The predicted octanol–water partition coefficient (Wildman–Crippen LogP) is 2.60. The average molecular weight is 371 g/mol. The fourth-order valence-electron chi connectivity index (χ4n) is 2.05. The van der Waals surface area contributed by atoms with Crippen LogP contribution in [0.5, 0.6) is 6.01 Å². The smallest absolute Gasteiger partial charge is 0.348 e. The van der Waals surface area contributed by atoms with Crippen molar-refractivity contribution in [2.45, 2.75) is 13.8 Å². The molecule has 0 amide bonds. The van der Waals surface area contributed by atoms with Crippen molar-refractivity contribution in [1.82, 2.24) is 19.9 Å². The zero-order valence-electron chi connectivity index (χ0n) is 13.8. The fraction of sp³-hybridized carbons (Fsp3) is 0.133. The number of aryl methyl sites for hydroxylation is 1. The van der Waals surface area contributed by atoms with Crippen LogP contribution in [0.2, 0.25) is 0 Å². The van der Waals surface area contributed by atoms with Gasteiger partial charge >= 0.3 is 11.7 Å². The number of nitro groups is 1. The van der Waals surface area contributed by atoms with E-state index >= 15 is 0 Å². The Morgan fingerprint density at radius 3 is 2.85 bits per heavy atom. The van der Waals surface area contributed by atoms with Crippen molar-refractivity contribution < 1.29 is 9.76 Å². The summed E-state index contributed by atoms with van der Waals surface area (Å²) in [6.45, 7) is 3.62. The van der Waals surface area contributed by atoms with Crippen molar-refractivity contribution in [3.05, 3.63) is 51.4 Å². The van der Waals surface area contributed by atoms with Crippen LogP contribution in [-0.4, -0.2) is 30.6 Å². The zero-order chi connectivity index (χ0) is 18.7. The molecule has 0 saturated carbocycles. The van der Waals surface area contributed by atoms with Gasteiger partial charge in [0.05, 0.1) is 21.2 Å². The largest absolute Gasteiger partial charge is 0.378 e. The first kappa shape index (κ1) is 17.4.